The molecule has 0 amide bonds. The number of phenolic OH excluding ortho intramolecular Hbond substituents is 2. The molecule has 0 saturated carbocycles. The third kappa shape index (κ3) is 8.67. The summed E-state index contributed by atoms with van der Waals surface area (Å²) in [5, 5.41) is 25.1. The van der Waals surface area contributed by atoms with E-state index in [1.165, 1.54) is 11.1 Å². The molecular formula is C17H24Cl2N2O2. The first kappa shape index (κ1) is 21.5. The largest absolute Gasteiger partial charge is 0.508 e. The highest BCUT2D eigenvalue weighted by Crippen LogP contribution is 2.09. The Morgan fingerprint density at radius 2 is 0.957 bits per heavy atom. The average molecular weight is 359 g/mol. The van der Waals surface area contributed by atoms with Gasteiger partial charge in [-0.25, -0.2) is 0 Å². The average Bonchev–Trinajstić information content (AvgIpc) is 2.50. The van der Waals surface area contributed by atoms with Crippen molar-refractivity contribution in [2.75, 3.05) is 13.1 Å². The highest BCUT2D eigenvalue weighted by atomic mass is 35.5. The summed E-state index contributed by atoms with van der Waals surface area (Å²) >= 11 is 0. The Morgan fingerprint density at radius 1 is 0.609 bits per heavy atom. The molecule has 0 aliphatic rings. The molecule has 0 atom stereocenters. The molecule has 0 unspecified atom stereocenters. The molecule has 0 aliphatic heterocycles. The number of rotatable bonds is 8. The van der Waals surface area contributed by atoms with E-state index >= 15 is 0 Å². The summed E-state index contributed by atoms with van der Waals surface area (Å²) in [6, 6.07) is 14.5. The van der Waals surface area contributed by atoms with Gasteiger partial charge in [0.05, 0.1) is 0 Å². The van der Waals surface area contributed by atoms with Crippen LogP contribution in [0.15, 0.2) is 48.5 Å². The van der Waals surface area contributed by atoms with Crippen LogP contribution in [0.25, 0.3) is 0 Å². The Morgan fingerprint density at radius 3 is 1.30 bits per heavy atom. The van der Waals surface area contributed by atoms with Crippen LogP contribution >= 0.6 is 24.8 Å². The summed E-state index contributed by atoms with van der Waals surface area (Å²) in [7, 11) is 0. The zero-order valence-electron chi connectivity index (χ0n) is 12.9. The van der Waals surface area contributed by atoms with Crippen LogP contribution in [0.4, 0.5) is 0 Å². The fourth-order valence-corrected chi connectivity index (χ4v) is 2.03. The minimum Gasteiger partial charge on any atom is -0.508 e. The third-order valence-electron chi connectivity index (χ3n) is 3.24. The molecule has 0 heterocycles. The van der Waals surface area contributed by atoms with Gasteiger partial charge in [-0.1, -0.05) is 24.3 Å². The van der Waals surface area contributed by atoms with Gasteiger partial charge >= 0.3 is 0 Å². The maximum absolute atomic E-state index is 9.19. The number of phenols is 2. The van der Waals surface area contributed by atoms with Crippen LogP contribution < -0.4 is 10.6 Å². The van der Waals surface area contributed by atoms with E-state index in [4.69, 9.17) is 0 Å². The lowest BCUT2D eigenvalue weighted by molar-refractivity contribution is 0.474. The van der Waals surface area contributed by atoms with Gasteiger partial charge < -0.3 is 20.8 Å². The Hall–Kier alpha value is -1.46. The van der Waals surface area contributed by atoms with Gasteiger partial charge in [-0.2, -0.15) is 0 Å². The van der Waals surface area contributed by atoms with Crippen molar-refractivity contribution in [1.29, 1.82) is 0 Å². The molecule has 128 valence electrons. The predicted molar refractivity (Wildman–Crippen MR) is 98.7 cm³/mol. The second-order valence-corrected chi connectivity index (χ2v) is 5.04. The van der Waals surface area contributed by atoms with Crippen molar-refractivity contribution in [3.63, 3.8) is 0 Å². The van der Waals surface area contributed by atoms with E-state index in [9.17, 15) is 10.2 Å². The van der Waals surface area contributed by atoms with Gasteiger partial charge in [-0.3, -0.25) is 0 Å². The van der Waals surface area contributed by atoms with Crippen molar-refractivity contribution >= 4 is 24.8 Å². The van der Waals surface area contributed by atoms with E-state index in [1.54, 1.807) is 24.3 Å². The van der Waals surface area contributed by atoms with Crippen LogP contribution in [-0.2, 0) is 13.1 Å². The van der Waals surface area contributed by atoms with Crippen LogP contribution in [0.5, 0.6) is 11.5 Å². The highest BCUT2D eigenvalue weighted by Gasteiger charge is 1.95. The molecule has 0 bridgehead atoms. The van der Waals surface area contributed by atoms with Crippen LogP contribution in [0.3, 0.4) is 0 Å². The first-order valence-corrected chi connectivity index (χ1v) is 7.21. The summed E-state index contributed by atoms with van der Waals surface area (Å²) in [6.45, 7) is 3.53. The van der Waals surface area contributed by atoms with E-state index < -0.39 is 0 Å². The number of benzene rings is 2. The summed E-state index contributed by atoms with van der Waals surface area (Å²) in [6.07, 6.45) is 1.05. The first-order valence-electron chi connectivity index (χ1n) is 7.21. The van der Waals surface area contributed by atoms with E-state index in [2.05, 4.69) is 10.6 Å². The van der Waals surface area contributed by atoms with Gasteiger partial charge in [0.15, 0.2) is 0 Å². The van der Waals surface area contributed by atoms with E-state index in [0.29, 0.717) is 11.5 Å². The van der Waals surface area contributed by atoms with Gasteiger partial charge in [0.1, 0.15) is 11.5 Å². The van der Waals surface area contributed by atoms with Crippen molar-refractivity contribution in [3.05, 3.63) is 59.7 Å². The lowest BCUT2D eigenvalue weighted by Gasteiger charge is -2.07. The van der Waals surface area contributed by atoms with Gasteiger partial charge in [0, 0.05) is 13.1 Å². The summed E-state index contributed by atoms with van der Waals surface area (Å²) < 4.78 is 0. The van der Waals surface area contributed by atoms with Crippen molar-refractivity contribution in [3.8, 4) is 11.5 Å². The number of nitrogens with one attached hydrogen (secondary N) is 2. The summed E-state index contributed by atoms with van der Waals surface area (Å²) in [4.78, 5) is 0. The van der Waals surface area contributed by atoms with Crippen molar-refractivity contribution < 1.29 is 10.2 Å². The standard InChI is InChI=1S/C17H22N2O2.2ClH/c20-16-6-2-14(3-7-16)12-18-10-1-11-19-13-15-4-8-17(21)9-5-15;;/h2-9,18-21H,1,10-13H2;2*1H. The van der Waals surface area contributed by atoms with Crippen LogP contribution in [-0.4, -0.2) is 23.3 Å². The Bertz CT molecular complexity index is 484. The third-order valence-corrected chi connectivity index (χ3v) is 3.24. The van der Waals surface area contributed by atoms with Crippen molar-refractivity contribution in [2.45, 2.75) is 19.5 Å². The fraction of sp³-hybridized carbons (Fsp3) is 0.294. The molecule has 0 aliphatic carbocycles. The van der Waals surface area contributed by atoms with E-state index in [0.717, 1.165) is 32.6 Å². The molecule has 0 fully saturated rings. The fourth-order valence-electron chi connectivity index (χ4n) is 2.03. The maximum Gasteiger partial charge on any atom is 0.115 e. The van der Waals surface area contributed by atoms with Gasteiger partial charge in [0.25, 0.3) is 0 Å². The summed E-state index contributed by atoms with van der Waals surface area (Å²) in [5.74, 6) is 0.606. The monoisotopic (exact) mass is 358 g/mol. The normalized spacial score (nSPS) is 9.74. The molecular weight excluding hydrogens is 335 g/mol. The first-order chi connectivity index (χ1) is 10.2. The molecule has 0 saturated heterocycles. The zero-order chi connectivity index (χ0) is 14.9. The molecule has 4 N–H and O–H groups in total. The number of hydrogen-bond donors (Lipinski definition) is 4. The zero-order valence-corrected chi connectivity index (χ0v) is 14.5. The van der Waals surface area contributed by atoms with Gasteiger partial charge in [-0.05, 0) is 54.9 Å². The maximum atomic E-state index is 9.19. The molecule has 0 radical (unpaired) electrons. The van der Waals surface area contributed by atoms with Crippen LogP contribution in [0.1, 0.15) is 17.5 Å². The lowest BCUT2D eigenvalue weighted by atomic mass is 10.2. The van der Waals surface area contributed by atoms with Crippen LogP contribution in [0.2, 0.25) is 0 Å². The molecule has 2 aromatic carbocycles. The Balaban J connectivity index is 0.00000242. The van der Waals surface area contributed by atoms with Crippen molar-refractivity contribution in [2.24, 2.45) is 0 Å². The molecule has 0 spiro atoms. The van der Waals surface area contributed by atoms with Gasteiger partial charge in [0.2, 0.25) is 0 Å². The second-order valence-electron chi connectivity index (χ2n) is 5.04. The summed E-state index contributed by atoms with van der Waals surface area (Å²) in [5.41, 5.74) is 2.34. The number of halogens is 2. The minimum atomic E-state index is 0. The smallest absolute Gasteiger partial charge is 0.115 e. The van der Waals surface area contributed by atoms with E-state index in [1.807, 2.05) is 24.3 Å². The quantitative estimate of drug-likeness (QED) is 0.547. The predicted octanol–water partition coefficient (Wildman–Crippen LogP) is 3.21. The molecule has 6 heteroatoms. The van der Waals surface area contributed by atoms with Crippen LogP contribution in [0, 0.1) is 0 Å². The molecule has 0 aromatic heterocycles. The van der Waals surface area contributed by atoms with Gasteiger partial charge in [-0.15, -0.1) is 24.8 Å². The molecule has 4 nitrogen and oxygen atoms in total. The number of hydrogen-bond acceptors (Lipinski definition) is 4. The number of aromatic hydroxyl groups is 2. The minimum absolute atomic E-state index is 0. The Labute approximate surface area is 149 Å². The van der Waals surface area contributed by atoms with E-state index in [-0.39, 0.29) is 24.8 Å². The molecule has 2 rings (SSSR count). The Kier molecular flexibility index (Phi) is 11.3. The highest BCUT2D eigenvalue weighted by molar-refractivity contribution is 5.85. The molecule has 2 aromatic rings. The second kappa shape index (κ2) is 12.0. The SMILES string of the molecule is Cl.Cl.Oc1ccc(CNCCCNCc2ccc(O)cc2)cc1. The van der Waals surface area contributed by atoms with Crippen molar-refractivity contribution in [1.82, 2.24) is 10.6 Å². The lowest BCUT2D eigenvalue weighted by Crippen LogP contribution is -2.21. The molecule has 23 heavy (non-hydrogen) atoms. The topological polar surface area (TPSA) is 64.5 Å².